The zero-order chi connectivity index (χ0) is 21.5. The molecule has 158 valence electrons. The Bertz CT molecular complexity index is 1090. The number of nitrogens with one attached hydrogen (secondary N) is 1. The first-order valence-electron chi connectivity index (χ1n) is 9.72. The summed E-state index contributed by atoms with van der Waals surface area (Å²) in [6, 6.07) is 12.8. The maximum atomic E-state index is 13.2. The van der Waals surface area contributed by atoms with Crippen molar-refractivity contribution in [2.24, 2.45) is 0 Å². The number of urea groups is 1. The predicted octanol–water partition coefficient (Wildman–Crippen LogP) is 2.95. The minimum absolute atomic E-state index is 0.106. The summed E-state index contributed by atoms with van der Waals surface area (Å²) < 4.78 is 24.6. The van der Waals surface area contributed by atoms with Crippen LogP contribution in [0.25, 0.3) is 0 Å². The van der Waals surface area contributed by atoms with Crippen LogP contribution in [0, 0.1) is 0 Å². The molecule has 1 N–H and O–H groups in total. The Kier molecular flexibility index (Phi) is 5.46. The van der Waals surface area contributed by atoms with Gasteiger partial charge in [0, 0.05) is 16.4 Å². The number of anilines is 2. The highest BCUT2D eigenvalue weighted by atomic mass is 35.5. The number of rotatable bonds is 5. The van der Waals surface area contributed by atoms with Gasteiger partial charge in [0.1, 0.15) is 6.54 Å². The summed E-state index contributed by atoms with van der Waals surface area (Å²) >= 11 is 5.95. The average molecular weight is 448 g/mol. The molecule has 4 rings (SSSR count). The number of fused-ring (bicyclic) bond motifs is 1. The summed E-state index contributed by atoms with van der Waals surface area (Å²) in [7, 11) is -3.30. The third-order valence-corrected chi connectivity index (χ3v) is 7.46. The van der Waals surface area contributed by atoms with Crippen molar-refractivity contribution in [3.05, 3.63) is 59.1 Å². The third kappa shape index (κ3) is 4.02. The van der Waals surface area contributed by atoms with E-state index < -0.39 is 27.8 Å². The van der Waals surface area contributed by atoms with Crippen LogP contribution in [0.2, 0.25) is 5.02 Å². The molecule has 0 aliphatic carbocycles. The number of benzene rings is 2. The van der Waals surface area contributed by atoms with Gasteiger partial charge in [0.25, 0.3) is 0 Å². The fourth-order valence-electron chi connectivity index (χ4n) is 4.08. The molecule has 9 heteroatoms. The Morgan fingerprint density at radius 1 is 1.13 bits per heavy atom. The van der Waals surface area contributed by atoms with E-state index in [9.17, 15) is 18.0 Å². The first-order chi connectivity index (χ1) is 14.3. The quantitative estimate of drug-likeness (QED) is 0.714. The van der Waals surface area contributed by atoms with E-state index in [4.69, 9.17) is 11.6 Å². The SMILES string of the molecule is CCc1ccc(N2C(=O)N(CC(=O)Nc3cccc(Cl)c3)C3CS(=O)(=O)CC32)cc1. The average Bonchev–Trinajstić information content (AvgIpc) is 3.12. The van der Waals surface area contributed by atoms with Crippen molar-refractivity contribution in [3.8, 4) is 0 Å². The van der Waals surface area contributed by atoms with Gasteiger partial charge in [-0.2, -0.15) is 0 Å². The lowest BCUT2D eigenvalue weighted by atomic mass is 10.1. The molecule has 2 aromatic carbocycles. The molecular formula is C21H22ClN3O4S. The molecule has 0 bridgehead atoms. The smallest absolute Gasteiger partial charge is 0.324 e. The summed E-state index contributed by atoms with van der Waals surface area (Å²) in [6.07, 6.45) is 0.866. The second-order valence-electron chi connectivity index (χ2n) is 7.57. The molecule has 0 radical (unpaired) electrons. The van der Waals surface area contributed by atoms with Crippen LogP contribution in [0.1, 0.15) is 12.5 Å². The summed E-state index contributed by atoms with van der Waals surface area (Å²) in [5.74, 6) is -0.653. The summed E-state index contributed by atoms with van der Waals surface area (Å²) in [4.78, 5) is 28.6. The van der Waals surface area contributed by atoms with E-state index in [1.165, 1.54) is 9.80 Å². The molecule has 2 saturated heterocycles. The molecule has 0 aromatic heterocycles. The van der Waals surface area contributed by atoms with Gasteiger partial charge in [-0.05, 0) is 42.3 Å². The van der Waals surface area contributed by atoms with Crippen LogP contribution in [0.5, 0.6) is 0 Å². The molecule has 3 amide bonds. The van der Waals surface area contributed by atoms with E-state index in [2.05, 4.69) is 5.32 Å². The number of carbonyl (C=O) groups is 2. The molecule has 2 aliphatic rings. The Labute approximate surface area is 180 Å². The molecule has 0 saturated carbocycles. The number of carbonyl (C=O) groups excluding carboxylic acids is 2. The first kappa shape index (κ1) is 20.7. The molecule has 2 aliphatic heterocycles. The van der Waals surface area contributed by atoms with Crippen molar-refractivity contribution in [2.45, 2.75) is 25.4 Å². The summed E-state index contributed by atoms with van der Waals surface area (Å²) in [5, 5.41) is 3.20. The van der Waals surface area contributed by atoms with Gasteiger partial charge in [-0.1, -0.05) is 36.7 Å². The highest BCUT2D eigenvalue weighted by Gasteiger charge is 2.54. The summed E-state index contributed by atoms with van der Waals surface area (Å²) in [6.45, 7) is 1.81. The molecular weight excluding hydrogens is 426 g/mol. The Hall–Kier alpha value is -2.58. The van der Waals surface area contributed by atoms with E-state index in [1.54, 1.807) is 24.3 Å². The molecule has 2 atom stereocenters. The number of hydrogen-bond donors (Lipinski definition) is 1. The van der Waals surface area contributed by atoms with Crippen molar-refractivity contribution in [1.82, 2.24) is 4.90 Å². The van der Waals surface area contributed by atoms with E-state index in [0.717, 1.165) is 12.0 Å². The second-order valence-corrected chi connectivity index (χ2v) is 10.2. The molecule has 0 spiro atoms. The van der Waals surface area contributed by atoms with Crippen LogP contribution in [0.3, 0.4) is 0 Å². The van der Waals surface area contributed by atoms with Gasteiger partial charge in [-0.15, -0.1) is 0 Å². The van der Waals surface area contributed by atoms with E-state index in [0.29, 0.717) is 16.4 Å². The number of aryl methyl sites for hydroxylation is 1. The zero-order valence-corrected chi connectivity index (χ0v) is 18.0. The normalized spacial score (nSPS) is 22.3. The van der Waals surface area contributed by atoms with E-state index >= 15 is 0 Å². The highest BCUT2D eigenvalue weighted by Crippen LogP contribution is 2.35. The number of amides is 3. The van der Waals surface area contributed by atoms with Gasteiger partial charge in [0.15, 0.2) is 9.84 Å². The van der Waals surface area contributed by atoms with Crippen LogP contribution in [-0.4, -0.2) is 55.4 Å². The van der Waals surface area contributed by atoms with Gasteiger partial charge < -0.3 is 10.2 Å². The number of halogens is 1. The fourth-order valence-corrected chi connectivity index (χ4v) is 6.22. The second kappa shape index (κ2) is 7.92. The van der Waals surface area contributed by atoms with Crippen LogP contribution < -0.4 is 10.2 Å². The fraction of sp³-hybridized carbons (Fsp3) is 0.333. The van der Waals surface area contributed by atoms with E-state index in [-0.39, 0.29) is 24.1 Å². The topological polar surface area (TPSA) is 86.8 Å². The van der Waals surface area contributed by atoms with Gasteiger partial charge in [-0.25, -0.2) is 13.2 Å². The van der Waals surface area contributed by atoms with Gasteiger partial charge >= 0.3 is 6.03 Å². The highest BCUT2D eigenvalue weighted by molar-refractivity contribution is 7.91. The Morgan fingerprint density at radius 2 is 1.83 bits per heavy atom. The van der Waals surface area contributed by atoms with Crippen molar-refractivity contribution < 1.29 is 18.0 Å². The van der Waals surface area contributed by atoms with Gasteiger partial charge in [0.05, 0.1) is 23.6 Å². The standard InChI is InChI=1S/C21H22ClN3O4S/c1-2-14-6-8-17(9-7-14)25-19-13-30(28,29)12-18(19)24(21(25)27)11-20(26)23-16-5-3-4-15(22)10-16/h3-10,18-19H,2,11-13H2,1H3,(H,23,26). The van der Waals surface area contributed by atoms with Crippen molar-refractivity contribution in [3.63, 3.8) is 0 Å². The van der Waals surface area contributed by atoms with Crippen LogP contribution >= 0.6 is 11.6 Å². The third-order valence-electron chi connectivity index (χ3n) is 5.52. The molecule has 2 unspecified atom stereocenters. The lowest BCUT2D eigenvalue weighted by molar-refractivity contribution is -0.116. The lowest BCUT2D eigenvalue weighted by Gasteiger charge is -2.22. The van der Waals surface area contributed by atoms with Crippen molar-refractivity contribution in [1.29, 1.82) is 0 Å². The molecule has 2 heterocycles. The Morgan fingerprint density at radius 3 is 2.50 bits per heavy atom. The van der Waals surface area contributed by atoms with Gasteiger partial charge in [-0.3, -0.25) is 9.69 Å². The predicted molar refractivity (Wildman–Crippen MR) is 117 cm³/mol. The van der Waals surface area contributed by atoms with Crippen LogP contribution in [0.4, 0.5) is 16.2 Å². The maximum absolute atomic E-state index is 13.2. The zero-order valence-electron chi connectivity index (χ0n) is 16.4. The number of nitrogens with zero attached hydrogens (tertiary/aromatic N) is 2. The lowest BCUT2D eigenvalue weighted by Crippen LogP contribution is -2.42. The molecule has 7 nitrogen and oxygen atoms in total. The van der Waals surface area contributed by atoms with Crippen LogP contribution in [-0.2, 0) is 21.1 Å². The van der Waals surface area contributed by atoms with Gasteiger partial charge in [0.2, 0.25) is 5.91 Å². The van der Waals surface area contributed by atoms with Crippen molar-refractivity contribution in [2.75, 3.05) is 28.3 Å². The molecule has 2 aromatic rings. The minimum atomic E-state index is -3.30. The minimum Gasteiger partial charge on any atom is -0.324 e. The van der Waals surface area contributed by atoms with E-state index in [1.807, 2.05) is 31.2 Å². The largest absolute Gasteiger partial charge is 0.325 e. The van der Waals surface area contributed by atoms with Crippen molar-refractivity contribution >= 4 is 44.8 Å². The maximum Gasteiger partial charge on any atom is 0.325 e. The number of sulfone groups is 1. The molecule has 2 fully saturated rings. The Balaban J connectivity index is 1.57. The summed E-state index contributed by atoms with van der Waals surface area (Å²) in [5.41, 5.74) is 2.28. The molecule has 30 heavy (non-hydrogen) atoms. The monoisotopic (exact) mass is 447 g/mol. The van der Waals surface area contributed by atoms with Crippen LogP contribution in [0.15, 0.2) is 48.5 Å². The number of hydrogen-bond acceptors (Lipinski definition) is 4. The first-order valence-corrected chi connectivity index (χ1v) is 11.9.